The van der Waals surface area contributed by atoms with Crippen LogP contribution >= 0.6 is 0 Å². The Bertz CT molecular complexity index is 834. The number of benzene rings is 1. The van der Waals surface area contributed by atoms with Crippen LogP contribution in [0.4, 0.5) is 5.69 Å². The normalized spacial score (nSPS) is 10.4. The molecule has 0 aliphatic carbocycles. The van der Waals surface area contributed by atoms with Crippen LogP contribution in [0.25, 0.3) is 10.8 Å². The van der Waals surface area contributed by atoms with Crippen molar-refractivity contribution in [1.82, 2.24) is 9.97 Å². The molecule has 0 saturated heterocycles. The fourth-order valence-corrected chi connectivity index (χ4v) is 2.02. The van der Waals surface area contributed by atoms with Crippen molar-refractivity contribution in [3.05, 3.63) is 70.9 Å². The highest BCUT2D eigenvalue weighted by Crippen LogP contribution is 2.22. The van der Waals surface area contributed by atoms with Gasteiger partial charge in [-0.3, -0.25) is 14.6 Å². The molecule has 0 fully saturated rings. The van der Waals surface area contributed by atoms with Crippen molar-refractivity contribution in [2.75, 3.05) is 5.32 Å². The number of amides is 1. The number of fused-ring (bicyclic) bond motifs is 1. The van der Waals surface area contributed by atoms with Gasteiger partial charge in [0.05, 0.1) is 0 Å². The van der Waals surface area contributed by atoms with Gasteiger partial charge in [0.15, 0.2) is 0 Å². The number of pyridine rings is 2. The fourth-order valence-electron chi connectivity index (χ4n) is 2.02. The lowest BCUT2D eigenvalue weighted by Crippen LogP contribution is -2.22. The van der Waals surface area contributed by atoms with Crippen LogP contribution in [0.3, 0.4) is 0 Å². The van der Waals surface area contributed by atoms with Crippen LogP contribution < -0.4 is 10.9 Å². The first-order valence-corrected chi connectivity index (χ1v) is 6.07. The van der Waals surface area contributed by atoms with E-state index in [0.717, 1.165) is 10.8 Å². The van der Waals surface area contributed by atoms with E-state index in [2.05, 4.69) is 15.3 Å². The smallest absolute Gasteiger partial charge is 0.261 e. The molecule has 1 aromatic carbocycles. The largest absolute Gasteiger partial charge is 0.328 e. The lowest BCUT2D eigenvalue weighted by molar-refractivity contribution is 0.102. The summed E-state index contributed by atoms with van der Waals surface area (Å²) in [7, 11) is 0. The molecule has 2 aromatic heterocycles. The topological polar surface area (TPSA) is 74.8 Å². The standard InChI is InChI=1S/C15H11N3O2/c19-14-12(4-2-7-17-14)15(20)18-13-5-1-3-10-9-16-8-6-11(10)13/h1-9H,(H,17,19)(H,18,20). The van der Waals surface area contributed by atoms with Gasteiger partial charge in [-0.25, -0.2) is 0 Å². The molecule has 5 heteroatoms. The number of rotatable bonds is 2. The summed E-state index contributed by atoms with van der Waals surface area (Å²) in [6.07, 6.45) is 4.87. The number of aromatic amines is 1. The molecule has 0 unspecified atom stereocenters. The first-order valence-electron chi connectivity index (χ1n) is 6.07. The van der Waals surface area contributed by atoms with E-state index >= 15 is 0 Å². The summed E-state index contributed by atoms with van der Waals surface area (Å²) >= 11 is 0. The van der Waals surface area contributed by atoms with Crippen LogP contribution in [-0.4, -0.2) is 15.9 Å². The zero-order valence-corrected chi connectivity index (χ0v) is 10.5. The van der Waals surface area contributed by atoms with E-state index in [1.807, 2.05) is 18.2 Å². The molecule has 1 amide bonds. The lowest BCUT2D eigenvalue weighted by atomic mass is 10.1. The Kier molecular flexibility index (Phi) is 3.01. The van der Waals surface area contributed by atoms with Crippen LogP contribution in [-0.2, 0) is 0 Å². The van der Waals surface area contributed by atoms with Gasteiger partial charge in [-0.1, -0.05) is 12.1 Å². The van der Waals surface area contributed by atoms with Crippen molar-refractivity contribution >= 4 is 22.4 Å². The summed E-state index contributed by atoms with van der Waals surface area (Å²) in [5, 5.41) is 4.56. The molecule has 0 aliphatic rings. The second-order valence-electron chi connectivity index (χ2n) is 4.27. The van der Waals surface area contributed by atoms with E-state index in [4.69, 9.17) is 0 Å². The first kappa shape index (κ1) is 12.1. The SMILES string of the molecule is O=C(Nc1cccc2cnccc12)c1ccc[nH]c1=O. The molecule has 2 N–H and O–H groups in total. The summed E-state index contributed by atoms with van der Waals surface area (Å²) in [6, 6.07) is 10.4. The average Bonchev–Trinajstić information content (AvgIpc) is 2.48. The molecule has 0 atom stereocenters. The third-order valence-electron chi connectivity index (χ3n) is 2.99. The minimum absolute atomic E-state index is 0.0820. The average molecular weight is 265 g/mol. The van der Waals surface area contributed by atoms with Gasteiger partial charge in [0.25, 0.3) is 11.5 Å². The third kappa shape index (κ3) is 2.16. The molecule has 20 heavy (non-hydrogen) atoms. The molecule has 2 heterocycles. The molecule has 3 rings (SSSR count). The molecule has 0 spiro atoms. The van der Waals surface area contributed by atoms with Gasteiger partial charge in [-0.05, 0) is 24.3 Å². The predicted octanol–water partition coefficient (Wildman–Crippen LogP) is 2.18. The summed E-state index contributed by atoms with van der Waals surface area (Å²) in [6.45, 7) is 0. The van der Waals surface area contributed by atoms with Crippen molar-refractivity contribution in [3.63, 3.8) is 0 Å². The predicted molar refractivity (Wildman–Crippen MR) is 76.8 cm³/mol. The number of carbonyl (C=O) groups excluding carboxylic acids is 1. The number of H-pyrrole nitrogens is 1. The van der Waals surface area contributed by atoms with Gasteiger partial charge in [0.2, 0.25) is 0 Å². The first-order chi connectivity index (χ1) is 9.75. The Morgan fingerprint density at radius 3 is 2.90 bits per heavy atom. The molecule has 5 nitrogen and oxygen atoms in total. The number of aromatic nitrogens is 2. The zero-order chi connectivity index (χ0) is 13.9. The second kappa shape index (κ2) is 4.97. The van der Waals surface area contributed by atoms with Gasteiger partial charge in [0, 0.05) is 35.1 Å². The molecule has 98 valence electrons. The Hall–Kier alpha value is -2.95. The summed E-state index contributed by atoms with van der Waals surface area (Å²) in [5.41, 5.74) is 0.323. The maximum atomic E-state index is 12.1. The number of nitrogens with zero attached hydrogens (tertiary/aromatic N) is 1. The minimum Gasteiger partial charge on any atom is -0.328 e. The van der Waals surface area contributed by atoms with Gasteiger partial charge >= 0.3 is 0 Å². The molecule has 0 bridgehead atoms. The highest BCUT2D eigenvalue weighted by atomic mass is 16.2. The third-order valence-corrected chi connectivity index (χ3v) is 2.99. The van der Waals surface area contributed by atoms with Crippen LogP contribution in [0, 0.1) is 0 Å². The van der Waals surface area contributed by atoms with Crippen LogP contribution in [0.2, 0.25) is 0 Å². The molecule has 0 aliphatic heterocycles. The number of anilines is 1. The number of hydrogen-bond donors (Lipinski definition) is 2. The van der Waals surface area contributed by atoms with E-state index in [-0.39, 0.29) is 5.56 Å². The van der Waals surface area contributed by atoms with E-state index in [1.165, 1.54) is 12.3 Å². The number of hydrogen-bond acceptors (Lipinski definition) is 3. The molecule has 0 saturated carbocycles. The van der Waals surface area contributed by atoms with Crippen molar-refractivity contribution in [2.24, 2.45) is 0 Å². The van der Waals surface area contributed by atoms with Gasteiger partial charge < -0.3 is 10.3 Å². The lowest BCUT2D eigenvalue weighted by Gasteiger charge is -2.07. The van der Waals surface area contributed by atoms with Crippen LogP contribution in [0.15, 0.2) is 59.8 Å². The monoisotopic (exact) mass is 265 g/mol. The van der Waals surface area contributed by atoms with Gasteiger partial charge in [-0.15, -0.1) is 0 Å². The Balaban J connectivity index is 2.00. The zero-order valence-electron chi connectivity index (χ0n) is 10.5. The maximum Gasteiger partial charge on any atom is 0.261 e. The second-order valence-corrected chi connectivity index (χ2v) is 4.27. The molecule has 0 radical (unpaired) electrons. The quantitative estimate of drug-likeness (QED) is 0.745. The summed E-state index contributed by atoms with van der Waals surface area (Å²) < 4.78 is 0. The Morgan fingerprint density at radius 1 is 1.15 bits per heavy atom. The maximum absolute atomic E-state index is 12.1. The molecular weight excluding hydrogens is 254 g/mol. The number of carbonyl (C=O) groups is 1. The summed E-state index contributed by atoms with van der Waals surface area (Å²) in [5.74, 6) is -0.434. The van der Waals surface area contributed by atoms with E-state index in [1.54, 1.807) is 24.5 Å². The van der Waals surface area contributed by atoms with E-state index in [0.29, 0.717) is 5.69 Å². The Morgan fingerprint density at radius 2 is 2.05 bits per heavy atom. The van der Waals surface area contributed by atoms with Crippen molar-refractivity contribution in [2.45, 2.75) is 0 Å². The Labute approximate surface area is 114 Å². The van der Waals surface area contributed by atoms with Crippen molar-refractivity contribution in [1.29, 1.82) is 0 Å². The minimum atomic E-state index is -0.434. The van der Waals surface area contributed by atoms with Crippen LogP contribution in [0.5, 0.6) is 0 Å². The van der Waals surface area contributed by atoms with Gasteiger partial charge in [-0.2, -0.15) is 0 Å². The summed E-state index contributed by atoms with van der Waals surface area (Å²) in [4.78, 5) is 30.2. The number of nitrogens with one attached hydrogen (secondary N) is 2. The van der Waals surface area contributed by atoms with Gasteiger partial charge in [0.1, 0.15) is 5.56 Å². The van der Waals surface area contributed by atoms with Crippen molar-refractivity contribution in [3.8, 4) is 0 Å². The van der Waals surface area contributed by atoms with E-state index in [9.17, 15) is 9.59 Å². The molecular formula is C15H11N3O2. The highest BCUT2D eigenvalue weighted by Gasteiger charge is 2.11. The van der Waals surface area contributed by atoms with Crippen molar-refractivity contribution < 1.29 is 4.79 Å². The van der Waals surface area contributed by atoms with Crippen LogP contribution in [0.1, 0.15) is 10.4 Å². The highest BCUT2D eigenvalue weighted by molar-refractivity contribution is 6.08. The fraction of sp³-hybridized carbons (Fsp3) is 0. The molecule has 3 aromatic rings. The van der Waals surface area contributed by atoms with E-state index < -0.39 is 11.5 Å².